The molecule has 0 aromatic heterocycles. The molecule has 1 aromatic carbocycles. The molecule has 0 bridgehead atoms. The standard InChI is InChI=1S/C7H7BF3O.K/c9-8(10,11)7-4-2-1-3-6(7)5-12;/h1-4,12H,5H2;/q-1;+1. The smallest absolute Gasteiger partial charge is 0.445 e. The Morgan fingerprint density at radius 1 is 1.15 bits per heavy atom. The summed E-state index contributed by atoms with van der Waals surface area (Å²) >= 11 is 0. The number of aliphatic hydroxyl groups excluding tert-OH is 1. The fourth-order valence-corrected chi connectivity index (χ4v) is 0.998. The third-order valence-corrected chi connectivity index (χ3v) is 1.58. The van der Waals surface area contributed by atoms with Gasteiger partial charge in [-0.05, 0) is 5.56 Å². The topological polar surface area (TPSA) is 20.2 Å². The summed E-state index contributed by atoms with van der Waals surface area (Å²) in [6.45, 7) is -5.57. The summed E-state index contributed by atoms with van der Waals surface area (Å²) in [5.74, 6) is 0. The Morgan fingerprint density at radius 3 is 2.08 bits per heavy atom. The number of hydrogen-bond acceptors (Lipinski definition) is 1. The van der Waals surface area contributed by atoms with Gasteiger partial charge in [-0.3, -0.25) is 0 Å². The van der Waals surface area contributed by atoms with Crippen LogP contribution in [0.25, 0.3) is 0 Å². The molecule has 66 valence electrons. The van der Waals surface area contributed by atoms with Crippen molar-refractivity contribution in [3.63, 3.8) is 0 Å². The van der Waals surface area contributed by atoms with Gasteiger partial charge >= 0.3 is 58.4 Å². The van der Waals surface area contributed by atoms with E-state index in [0.717, 1.165) is 6.07 Å². The summed E-state index contributed by atoms with van der Waals surface area (Å²) in [4.78, 5) is 0. The van der Waals surface area contributed by atoms with Crippen LogP contribution in [0.3, 0.4) is 0 Å². The first-order chi connectivity index (χ1) is 5.55. The van der Waals surface area contributed by atoms with Crippen molar-refractivity contribution < 1.29 is 69.4 Å². The SMILES string of the molecule is OCc1ccccc1[B-](F)(F)F.[K+]. The van der Waals surface area contributed by atoms with Crippen molar-refractivity contribution in [3.05, 3.63) is 29.8 Å². The van der Waals surface area contributed by atoms with Crippen molar-refractivity contribution in [2.24, 2.45) is 0 Å². The van der Waals surface area contributed by atoms with Crippen LogP contribution in [0, 0.1) is 0 Å². The minimum absolute atomic E-state index is 0. The molecule has 1 N–H and O–H groups in total. The van der Waals surface area contributed by atoms with Gasteiger partial charge in [-0.1, -0.05) is 24.3 Å². The monoisotopic (exact) mass is 214 g/mol. The normalized spacial score (nSPS) is 10.8. The van der Waals surface area contributed by atoms with E-state index in [1.165, 1.54) is 18.2 Å². The molecule has 0 aliphatic carbocycles. The van der Waals surface area contributed by atoms with E-state index in [-0.39, 0.29) is 56.9 Å². The molecule has 0 radical (unpaired) electrons. The fraction of sp³-hybridized carbons (Fsp3) is 0.143. The van der Waals surface area contributed by atoms with Crippen LogP contribution in [0.1, 0.15) is 5.56 Å². The van der Waals surface area contributed by atoms with E-state index in [4.69, 9.17) is 5.11 Å². The van der Waals surface area contributed by atoms with Crippen molar-refractivity contribution in [2.75, 3.05) is 0 Å². The summed E-state index contributed by atoms with van der Waals surface area (Å²) in [6.07, 6.45) is 0. The van der Waals surface area contributed by atoms with E-state index < -0.39 is 19.0 Å². The third kappa shape index (κ3) is 3.73. The van der Waals surface area contributed by atoms with E-state index in [9.17, 15) is 12.9 Å². The van der Waals surface area contributed by atoms with Crippen molar-refractivity contribution in [1.29, 1.82) is 0 Å². The van der Waals surface area contributed by atoms with Crippen LogP contribution >= 0.6 is 0 Å². The second kappa shape index (κ2) is 5.53. The Hall–Kier alpha value is 0.671. The van der Waals surface area contributed by atoms with Crippen molar-refractivity contribution in [3.8, 4) is 0 Å². The zero-order chi connectivity index (χ0) is 9.19. The minimum atomic E-state index is -5.00. The first-order valence-electron chi connectivity index (χ1n) is 3.44. The Balaban J connectivity index is 0.00000144. The van der Waals surface area contributed by atoms with Gasteiger partial charge in [0.15, 0.2) is 0 Å². The predicted octanol–water partition coefficient (Wildman–Crippen LogP) is -1.76. The number of halogens is 3. The number of hydrogen-bond donors (Lipinski definition) is 1. The summed E-state index contributed by atoms with van der Waals surface area (Å²) < 4.78 is 36.6. The molecule has 0 saturated carbocycles. The molecule has 1 nitrogen and oxygen atoms in total. The van der Waals surface area contributed by atoms with Gasteiger partial charge in [0, 0.05) is 0 Å². The number of rotatable bonds is 2. The van der Waals surface area contributed by atoms with Crippen LogP contribution in [-0.4, -0.2) is 12.1 Å². The van der Waals surface area contributed by atoms with Crippen LogP contribution in [0.15, 0.2) is 24.3 Å². The fourth-order valence-electron chi connectivity index (χ4n) is 0.998. The van der Waals surface area contributed by atoms with Crippen molar-refractivity contribution in [2.45, 2.75) is 6.61 Å². The van der Waals surface area contributed by atoms with Crippen molar-refractivity contribution in [1.82, 2.24) is 0 Å². The Morgan fingerprint density at radius 2 is 1.69 bits per heavy atom. The van der Waals surface area contributed by atoms with Crippen LogP contribution in [0.2, 0.25) is 0 Å². The van der Waals surface area contributed by atoms with Gasteiger partial charge in [0.25, 0.3) is 0 Å². The zero-order valence-electron chi connectivity index (χ0n) is 7.17. The summed E-state index contributed by atoms with van der Waals surface area (Å²) in [6, 6.07) is 5.02. The molecule has 1 aromatic rings. The average molecular weight is 214 g/mol. The summed E-state index contributed by atoms with van der Waals surface area (Å²) in [5, 5.41) is 8.59. The Labute approximate surface area is 117 Å². The van der Waals surface area contributed by atoms with Crippen LogP contribution in [0.5, 0.6) is 0 Å². The molecule has 0 aliphatic heterocycles. The first-order valence-corrected chi connectivity index (χ1v) is 3.44. The summed E-state index contributed by atoms with van der Waals surface area (Å²) in [7, 11) is 0. The Kier molecular flexibility index (Phi) is 5.81. The van der Waals surface area contributed by atoms with Crippen LogP contribution < -0.4 is 56.8 Å². The molecular weight excluding hydrogens is 207 g/mol. The van der Waals surface area contributed by atoms with E-state index in [1.807, 2.05) is 0 Å². The number of aliphatic hydroxyl groups is 1. The van der Waals surface area contributed by atoms with Crippen LogP contribution in [-0.2, 0) is 6.61 Å². The Bertz CT molecular complexity index is 277. The maximum Gasteiger partial charge on any atom is 1.00 e. The van der Waals surface area contributed by atoms with Gasteiger partial charge in [0.05, 0.1) is 6.61 Å². The zero-order valence-corrected chi connectivity index (χ0v) is 10.3. The number of benzene rings is 1. The minimum Gasteiger partial charge on any atom is -0.445 e. The second-order valence-corrected chi connectivity index (χ2v) is 2.43. The largest absolute Gasteiger partial charge is 1.00 e. The third-order valence-electron chi connectivity index (χ3n) is 1.58. The van der Waals surface area contributed by atoms with E-state index in [2.05, 4.69) is 0 Å². The van der Waals surface area contributed by atoms with Gasteiger partial charge in [0.2, 0.25) is 0 Å². The molecule has 0 heterocycles. The average Bonchev–Trinajstić information content (AvgIpc) is 2.03. The van der Waals surface area contributed by atoms with Crippen molar-refractivity contribution >= 4 is 12.4 Å². The molecule has 6 heteroatoms. The summed E-state index contributed by atoms with van der Waals surface area (Å²) in [5.41, 5.74) is -0.773. The molecule has 0 aliphatic rings. The van der Waals surface area contributed by atoms with Crippen LogP contribution in [0.4, 0.5) is 12.9 Å². The maximum atomic E-state index is 12.2. The van der Waals surface area contributed by atoms with Gasteiger partial charge in [-0.2, -0.15) is 0 Å². The van der Waals surface area contributed by atoms with E-state index >= 15 is 0 Å². The maximum absolute atomic E-state index is 12.2. The molecule has 0 amide bonds. The predicted molar refractivity (Wildman–Crippen MR) is 41.1 cm³/mol. The van der Waals surface area contributed by atoms with E-state index in [1.54, 1.807) is 0 Å². The molecule has 0 unspecified atom stereocenters. The molecular formula is C7H7BF3KO. The van der Waals surface area contributed by atoms with Gasteiger partial charge in [-0.15, -0.1) is 5.46 Å². The first kappa shape index (κ1) is 13.7. The molecule has 1 rings (SSSR count). The van der Waals surface area contributed by atoms with Gasteiger partial charge < -0.3 is 18.1 Å². The second-order valence-electron chi connectivity index (χ2n) is 2.43. The molecule has 0 spiro atoms. The van der Waals surface area contributed by atoms with Gasteiger partial charge in [-0.25, -0.2) is 0 Å². The van der Waals surface area contributed by atoms with E-state index in [0.29, 0.717) is 0 Å². The molecule has 0 saturated heterocycles. The quantitative estimate of drug-likeness (QED) is 0.578. The molecule has 0 atom stereocenters. The van der Waals surface area contributed by atoms with Gasteiger partial charge in [0.1, 0.15) is 0 Å². The molecule has 13 heavy (non-hydrogen) atoms. The molecule has 0 fully saturated rings.